The molecule has 0 aliphatic rings. The Balaban J connectivity index is 2.00. The number of rotatable bonds is 6. The average Bonchev–Trinajstić information content (AvgIpc) is 2.94. The second-order valence-electron chi connectivity index (χ2n) is 6.08. The molecule has 5 heteroatoms. The van der Waals surface area contributed by atoms with Crippen molar-refractivity contribution in [3.8, 4) is 0 Å². The molecule has 1 unspecified atom stereocenters. The van der Waals surface area contributed by atoms with Gasteiger partial charge in [0, 0.05) is 30.1 Å². The van der Waals surface area contributed by atoms with E-state index in [-0.39, 0.29) is 11.8 Å². The van der Waals surface area contributed by atoms with Crippen molar-refractivity contribution in [2.45, 2.75) is 39.8 Å². The zero-order chi connectivity index (χ0) is 17.0. The van der Waals surface area contributed by atoms with Crippen LogP contribution in [0.2, 0.25) is 0 Å². The predicted octanol–water partition coefficient (Wildman–Crippen LogP) is 2.65. The Morgan fingerprint density at radius 2 is 2.00 bits per heavy atom. The number of carbonyl (C=O) groups is 2. The van der Waals surface area contributed by atoms with Gasteiger partial charge >= 0.3 is 5.97 Å². The highest BCUT2D eigenvalue weighted by molar-refractivity contribution is 5.85. The summed E-state index contributed by atoms with van der Waals surface area (Å²) in [6, 6.07) is 7.60. The number of carbonyl (C=O) groups excluding carboxylic acids is 2. The fourth-order valence-corrected chi connectivity index (χ4v) is 2.66. The first-order valence-electron chi connectivity index (χ1n) is 7.85. The molecule has 1 aromatic carbocycles. The summed E-state index contributed by atoms with van der Waals surface area (Å²) in [6.07, 6.45) is 2.31. The number of methoxy groups -OCH3 is 1. The van der Waals surface area contributed by atoms with Gasteiger partial charge in [0.25, 0.3) is 0 Å². The highest BCUT2D eigenvalue weighted by Crippen LogP contribution is 2.19. The lowest BCUT2D eigenvalue weighted by Gasteiger charge is -2.19. The molecule has 1 heterocycles. The zero-order valence-electron chi connectivity index (χ0n) is 14.1. The highest BCUT2D eigenvalue weighted by Gasteiger charge is 2.24. The molecule has 0 fully saturated rings. The minimum atomic E-state index is -0.601. The number of ether oxygens (including phenoxy) is 1. The topological polar surface area (TPSA) is 60.3 Å². The second kappa shape index (κ2) is 7.31. The van der Waals surface area contributed by atoms with Crippen LogP contribution in [0, 0.1) is 12.8 Å². The molecule has 1 N–H and O–H groups in total. The maximum atomic E-state index is 12.1. The van der Waals surface area contributed by atoms with Gasteiger partial charge in [0.1, 0.15) is 6.04 Å². The Kier molecular flexibility index (Phi) is 5.42. The normalized spacial score (nSPS) is 12.4. The van der Waals surface area contributed by atoms with E-state index >= 15 is 0 Å². The van der Waals surface area contributed by atoms with E-state index < -0.39 is 12.0 Å². The van der Waals surface area contributed by atoms with E-state index in [2.05, 4.69) is 28.9 Å². The molecule has 2 rings (SSSR count). The Morgan fingerprint density at radius 1 is 1.26 bits per heavy atom. The van der Waals surface area contributed by atoms with Gasteiger partial charge in [-0.05, 0) is 30.5 Å². The lowest BCUT2D eigenvalue weighted by atomic mass is 10.0. The van der Waals surface area contributed by atoms with Crippen LogP contribution >= 0.6 is 0 Å². The zero-order valence-corrected chi connectivity index (χ0v) is 14.1. The van der Waals surface area contributed by atoms with Gasteiger partial charge in [0.2, 0.25) is 5.91 Å². The van der Waals surface area contributed by atoms with E-state index in [0.717, 1.165) is 5.52 Å². The maximum Gasteiger partial charge on any atom is 0.328 e. The van der Waals surface area contributed by atoms with Crippen molar-refractivity contribution in [3.63, 3.8) is 0 Å². The van der Waals surface area contributed by atoms with Crippen LogP contribution in [0.1, 0.15) is 25.8 Å². The Labute approximate surface area is 136 Å². The molecular weight excluding hydrogens is 292 g/mol. The SMILES string of the molecule is COC(=O)C(NC(=O)CCn1ccc2c(C)cccc21)C(C)C. The van der Waals surface area contributed by atoms with E-state index in [1.54, 1.807) is 0 Å². The number of aryl methyl sites for hydroxylation is 2. The van der Waals surface area contributed by atoms with Crippen LogP contribution in [-0.4, -0.2) is 29.6 Å². The third-order valence-corrected chi connectivity index (χ3v) is 4.05. The first kappa shape index (κ1) is 17.1. The Hall–Kier alpha value is -2.30. The number of fused-ring (bicyclic) bond motifs is 1. The molecule has 0 spiro atoms. The van der Waals surface area contributed by atoms with Crippen LogP contribution < -0.4 is 5.32 Å². The number of benzene rings is 1. The molecule has 1 aromatic heterocycles. The molecule has 0 saturated carbocycles. The van der Waals surface area contributed by atoms with Crippen molar-refractivity contribution < 1.29 is 14.3 Å². The lowest BCUT2D eigenvalue weighted by molar-refractivity contribution is -0.146. The standard InChI is InChI=1S/C18H24N2O3/c1-12(2)17(18(22)23-4)19-16(21)9-11-20-10-8-14-13(3)6-5-7-15(14)20/h5-8,10,12,17H,9,11H2,1-4H3,(H,19,21). The molecular formula is C18H24N2O3. The van der Waals surface area contributed by atoms with Crippen molar-refractivity contribution in [2.75, 3.05) is 7.11 Å². The average molecular weight is 316 g/mol. The largest absolute Gasteiger partial charge is 0.467 e. The van der Waals surface area contributed by atoms with Gasteiger partial charge in [-0.25, -0.2) is 4.79 Å². The van der Waals surface area contributed by atoms with Gasteiger partial charge < -0.3 is 14.6 Å². The van der Waals surface area contributed by atoms with E-state index in [1.165, 1.54) is 18.1 Å². The number of esters is 1. The molecule has 0 aliphatic heterocycles. The minimum Gasteiger partial charge on any atom is -0.467 e. The summed E-state index contributed by atoms with van der Waals surface area (Å²) in [6.45, 7) is 6.40. The smallest absolute Gasteiger partial charge is 0.328 e. The number of amides is 1. The van der Waals surface area contributed by atoms with Gasteiger partial charge in [0.05, 0.1) is 7.11 Å². The number of aromatic nitrogens is 1. The van der Waals surface area contributed by atoms with E-state index in [4.69, 9.17) is 4.74 Å². The van der Waals surface area contributed by atoms with Crippen LogP contribution in [0.15, 0.2) is 30.5 Å². The summed E-state index contributed by atoms with van der Waals surface area (Å²) in [5.74, 6) is -0.569. The highest BCUT2D eigenvalue weighted by atomic mass is 16.5. The molecule has 1 amide bonds. The second-order valence-corrected chi connectivity index (χ2v) is 6.08. The third-order valence-electron chi connectivity index (χ3n) is 4.05. The molecule has 0 aliphatic carbocycles. The lowest BCUT2D eigenvalue weighted by Crippen LogP contribution is -2.45. The van der Waals surface area contributed by atoms with Crippen molar-refractivity contribution >= 4 is 22.8 Å². The van der Waals surface area contributed by atoms with Gasteiger partial charge in [0.15, 0.2) is 0 Å². The summed E-state index contributed by atoms with van der Waals surface area (Å²) in [7, 11) is 1.33. The van der Waals surface area contributed by atoms with E-state index in [0.29, 0.717) is 13.0 Å². The summed E-state index contributed by atoms with van der Waals surface area (Å²) < 4.78 is 6.80. The third kappa shape index (κ3) is 3.92. The predicted molar refractivity (Wildman–Crippen MR) is 90.1 cm³/mol. The summed E-state index contributed by atoms with van der Waals surface area (Å²) in [5.41, 5.74) is 2.34. The molecule has 0 bridgehead atoms. The summed E-state index contributed by atoms with van der Waals surface area (Å²) >= 11 is 0. The van der Waals surface area contributed by atoms with Crippen molar-refractivity contribution in [2.24, 2.45) is 5.92 Å². The van der Waals surface area contributed by atoms with Crippen LogP contribution in [0.4, 0.5) is 0 Å². The van der Waals surface area contributed by atoms with Gasteiger partial charge in [-0.2, -0.15) is 0 Å². The molecule has 124 valence electrons. The van der Waals surface area contributed by atoms with Crippen molar-refractivity contribution in [3.05, 3.63) is 36.0 Å². The first-order valence-corrected chi connectivity index (χ1v) is 7.85. The fourth-order valence-electron chi connectivity index (χ4n) is 2.66. The monoisotopic (exact) mass is 316 g/mol. The van der Waals surface area contributed by atoms with Gasteiger partial charge in [-0.15, -0.1) is 0 Å². The van der Waals surface area contributed by atoms with Gasteiger partial charge in [-0.3, -0.25) is 4.79 Å². The Morgan fingerprint density at radius 3 is 2.65 bits per heavy atom. The number of hydrogen-bond acceptors (Lipinski definition) is 3. The van der Waals surface area contributed by atoms with Crippen molar-refractivity contribution in [1.29, 1.82) is 0 Å². The molecule has 0 saturated heterocycles. The summed E-state index contributed by atoms with van der Waals surface area (Å²) in [5, 5.41) is 3.96. The fraction of sp³-hybridized carbons (Fsp3) is 0.444. The number of hydrogen-bond donors (Lipinski definition) is 1. The van der Waals surface area contributed by atoms with Crippen LogP contribution in [0.25, 0.3) is 10.9 Å². The molecule has 2 aromatic rings. The van der Waals surface area contributed by atoms with Gasteiger partial charge in [-0.1, -0.05) is 26.0 Å². The van der Waals surface area contributed by atoms with Crippen LogP contribution in [0.3, 0.4) is 0 Å². The first-order chi connectivity index (χ1) is 10.9. The molecule has 5 nitrogen and oxygen atoms in total. The van der Waals surface area contributed by atoms with E-state index in [1.807, 2.05) is 32.2 Å². The maximum absolute atomic E-state index is 12.1. The number of nitrogens with zero attached hydrogens (tertiary/aromatic N) is 1. The van der Waals surface area contributed by atoms with E-state index in [9.17, 15) is 9.59 Å². The summed E-state index contributed by atoms with van der Waals surface area (Å²) in [4.78, 5) is 23.8. The minimum absolute atomic E-state index is 0.0125. The quantitative estimate of drug-likeness (QED) is 0.834. The molecule has 23 heavy (non-hydrogen) atoms. The molecule has 0 radical (unpaired) electrons. The number of nitrogens with one attached hydrogen (secondary N) is 1. The van der Waals surface area contributed by atoms with Crippen LogP contribution in [0.5, 0.6) is 0 Å². The Bertz CT molecular complexity index is 703. The van der Waals surface area contributed by atoms with Crippen LogP contribution in [-0.2, 0) is 20.9 Å². The van der Waals surface area contributed by atoms with Crippen molar-refractivity contribution in [1.82, 2.24) is 9.88 Å². The molecule has 1 atom stereocenters.